The number of carbonyl (C=O) groups excluding carboxylic acids is 1. The number of hydrogen-bond donors (Lipinski definition) is 0. The Kier molecular flexibility index (Phi) is 4.00. The molecule has 0 aliphatic heterocycles. The van der Waals surface area contributed by atoms with Crippen LogP contribution < -0.4 is 4.90 Å². The van der Waals surface area contributed by atoms with Crippen LogP contribution >= 0.6 is 23.2 Å². The Labute approximate surface area is 99.8 Å². The average molecular weight is 246 g/mol. The van der Waals surface area contributed by atoms with Gasteiger partial charge in [-0.25, -0.2) is 0 Å². The van der Waals surface area contributed by atoms with Crippen molar-refractivity contribution in [2.24, 2.45) is 0 Å². The Hall–Kier alpha value is -0.730. The van der Waals surface area contributed by atoms with Crippen molar-refractivity contribution in [3.8, 4) is 0 Å². The standard InChI is InChI=1S/C11H13Cl2NO/c1-7-4-5-10(13)8(2)11(7)14(6-12)9(3)15/h4-5H,6H2,1-3H3. The molecule has 0 unspecified atom stereocenters. The molecule has 4 heteroatoms. The lowest BCUT2D eigenvalue weighted by Crippen LogP contribution is -2.28. The van der Waals surface area contributed by atoms with Crippen LogP contribution in [0.5, 0.6) is 0 Å². The minimum atomic E-state index is -0.0848. The van der Waals surface area contributed by atoms with Gasteiger partial charge in [0.05, 0.1) is 5.69 Å². The number of aryl methyl sites for hydroxylation is 1. The zero-order chi connectivity index (χ0) is 11.6. The molecule has 15 heavy (non-hydrogen) atoms. The van der Waals surface area contributed by atoms with Gasteiger partial charge in [-0.3, -0.25) is 9.69 Å². The zero-order valence-electron chi connectivity index (χ0n) is 8.97. The van der Waals surface area contributed by atoms with Crippen LogP contribution in [0.4, 0.5) is 5.69 Å². The van der Waals surface area contributed by atoms with Gasteiger partial charge in [0, 0.05) is 11.9 Å². The first-order valence-electron chi connectivity index (χ1n) is 4.58. The molecule has 1 amide bonds. The highest BCUT2D eigenvalue weighted by molar-refractivity contribution is 6.32. The molecule has 0 saturated heterocycles. The number of halogens is 2. The van der Waals surface area contributed by atoms with Crippen molar-refractivity contribution in [1.29, 1.82) is 0 Å². The van der Waals surface area contributed by atoms with E-state index >= 15 is 0 Å². The van der Waals surface area contributed by atoms with Crippen molar-refractivity contribution in [2.45, 2.75) is 20.8 Å². The first-order chi connectivity index (χ1) is 6.99. The van der Waals surface area contributed by atoms with Crippen molar-refractivity contribution in [3.05, 3.63) is 28.3 Å². The van der Waals surface area contributed by atoms with Crippen molar-refractivity contribution in [2.75, 3.05) is 10.9 Å². The predicted molar refractivity (Wildman–Crippen MR) is 64.8 cm³/mol. The van der Waals surface area contributed by atoms with Gasteiger partial charge in [0.2, 0.25) is 5.91 Å². The summed E-state index contributed by atoms with van der Waals surface area (Å²) in [5, 5.41) is 0.645. The van der Waals surface area contributed by atoms with E-state index in [0.29, 0.717) is 5.02 Å². The minimum absolute atomic E-state index is 0.0848. The first-order valence-corrected chi connectivity index (χ1v) is 5.50. The second-order valence-electron chi connectivity index (χ2n) is 3.40. The van der Waals surface area contributed by atoms with Crippen LogP contribution in [0, 0.1) is 13.8 Å². The second kappa shape index (κ2) is 4.86. The predicted octanol–water partition coefficient (Wildman–Crippen LogP) is 3.51. The molecule has 0 aliphatic rings. The van der Waals surface area contributed by atoms with Crippen LogP contribution in [0.1, 0.15) is 18.1 Å². The summed E-state index contributed by atoms with van der Waals surface area (Å²) in [4.78, 5) is 12.9. The fraction of sp³-hybridized carbons (Fsp3) is 0.364. The van der Waals surface area contributed by atoms with Gasteiger partial charge in [-0.05, 0) is 31.0 Å². The highest BCUT2D eigenvalue weighted by Gasteiger charge is 2.16. The summed E-state index contributed by atoms with van der Waals surface area (Å²) in [6.45, 7) is 5.30. The number of rotatable bonds is 2. The highest BCUT2D eigenvalue weighted by Crippen LogP contribution is 2.30. The number of amides is 1. The number of hydrogen-bond acceptors (Lipinski definition) is 1. The summed E-state index contributed by atoms with van der Waals surface area (Å²) in [5.41, 5.74) is 2.69. The lowest BCUT2D eigenvalue weighted by molar-refractivity contribution is -0.116. The molecule has 2 nitrogen and oxygen atoms in total. The van der Waals surface area contributed by atoms with Gasteiger partial charge in [0.15, 0.2) is 0 Å². The Morgan fingerprint density at radius 2 is 2.00 bits per heavy atom. The van der Waals surface area contributed by atoms with E-state index in [1.54, 1.807) is 0 Å². The summed E-state index contributed by atoms with van der Waals surface area (Å²) >= 11 is 11.8. The average Bonchev–Trinajstić information content (AvgIpc) is 2.18. The molecule has 0 aliphatic carbocycles. The topological polar surface area (TPSA) is 20.3 Å². The number of alkyl halides is 1. The van der Waals surface area contributed by atoms with E-state index < -0.39 is 0 Å². The van der Waals surface area contributed by atoms with E-state index in [4.69, 9.17) is 23.2 Å². The van der Waals surface area contributed by atoms with Gasteiger partial charge in [-0.2, -0.15) is 0 Å². The van der Waals surface area contributed by atoms with Crippen LogP contribution in [0.15, 0.2) is 12.1 Å². The lowest BCUT2D eigenvalue weighted by Gasteiger charge is -2.23. The Morgan fingerprint density at radius 3 is 2.47 bits per heavy atom. The summed E-state index contributed by atoms with van der Waals surface area (Å²) in [7, 11) is 0. The fourth-order valence-electron chi connectivity index (χ4n) is 1.53. The molecule has 0 spiro atoms. The van der Waals surface area contributed by atoms with E-state index in [9.17, 15) is 4.79 Å². The molecular formula is C11H13Cl2NO. The van der Waals surface area contributed by atoms with E-state index in [-0.39, 0.29) is 11.9 Å². The molecule has 0 heterocycles. The maximum atomic E-state index is 11.4. The van der Waals surface area contributed by atoms with Gasteiger partial charge in [0.1, 0.15) is 6.00 Å². The SMILES string of the molecule is CC(=O)N(CCl)c1c(C)ccc(Cl)c1C. The second-order valence-corrected chi connectivity index (χ2v) is 4.05. The van der Waals surface area contributed by atoms with E-state index in [2.05, 4.69) is 0 Å². The summed E-state index contributed by atoms with van der Waals surface area (Å²) in [5.74, 6) is -0.0848. The maximum Gasteiger partial charge on any atom is 0.224 e. The van der Waals surface area contributed by atoms with Gasteiger partial charge < -0.3 is 0 Å². The molecule has 0 aromatic heterocycles. The molecule has 0 radical (unpaired) electrons. The van der Waals surface area contributed by atoms with Crippen molar-refractivity contribution in [3.63, 3.8) is 0 Å². The highest BCUT2D eigenvalue weighted by atomic mass is 35.5. The normalized spacial score (nSPS) is 10.2. The molecule has 0 atom stereocenters. The summed E-state index contributed by atoms with van der Waals surface area (Å²) in [6, 6.07) is 3.84. The first kappa shape index (κ1) is 12.3. The number of carbonyl (C=O) groups is 1. The molecule has 1 rings (SSSR count). The van der Waals surface area contributed by atoms with Crippen molar-refractivity contribution >= 4 is 34.8 Å². The fourth-order valence-corrected chi connectivity index (χ4v) is 1.97. The van der Waals surface area contributed by atoms with Gasteiger partial charge in [-0.15, -0.1) is 11.6 Å². The summed E-state index contributed by atoms with van der Waals surface area (Å²) in [6.07, 6.45) is 0. The minimum Gasteiger partial charge on any atom is -0.298 e. The largest absolute Gasteiger partial charge is 0.298 e. The third kappa shape index (κ3) is 2.44. The molecular weight excluding hydrogens is 233 g/mol. The molecule has 1 aromatic carbocycles. The van der Waals surface area contributed by atoms with Crippen molar-refractivity contribution < 1.29 is 4.79 Å². The van der Waals surface area contributed by atoms with E-state index in [1.165, 1.54) is 11.8 Å². The third-order valence-electron chi connectivity index (χ3n) is 2.34. The quantitative estimate of drug-likeness (QED) is 0.577. The van der Waals surface area contributed by atoms with E-state index in [1.807, 2.05) is 26.0 Å². The number of anilines is 1. The lowest BCUT2D eigenvalue weighted by atomic mass is 10.1. The zero-order valence-corrected chi connectivity index (χ0v) is 10.5. The van der Waals surface area contributed by atoms with Crippen LogP contribution in [0.2, 0.25) is 5.02 Å². The van der Waals surface area contributed by atoms with Crippen LogP contribution in [-0.2, 0) is 4.79 Å². The van der Waals surface area contributed by atoms with Crippen LogP contribution in [-0.4, -0.2) is 11.9 Å². The molecule has 0 fully saturated rings. The van der Waals surface area contributed by atoms with Crippen molar-refractivity contribution in [1.82, 2.24) is 0 Å². The van der Waals surface area contributed by atoms with Gasteiger partial charge >= 0.3 is 0 Å². The monoisotopic (exact) mass is 245 g/mol. The van der Waals surface area contributed by atoms with Crippen LogP contribution in [0.25, 0.3) is 0 Å². The molecule has 82 valence electrons. The number of benzene rings is 1. The maximum absolute atomic E-state index is 11.4. The molecule has 0 N–H and O–H groups in total. The molecule has 0 saturated carbocycles. The Bertz CT molecular complexity index is 390. The third-order valence-corrected chi connectivity index (χ3v) is 2.98. The Balaban J connectivity index is 3.34. The Morgan fingerprint density at radius 1 is 1.40 bits per heavy atom. The van der Waals surface area contributed by atoms with E-state index in [0.717, 1.165) is 16.8 Å². The molecule has 0 bridgehead atoms. The van der Waals surface area contributed by atoms with Gasteiger partial charge in [-0.1, -0.05) is 17.7 Å². The van der Waals surface area contributed by atoms with Gasteiger partial charge in [0.25, 0.3) is 0 Å². The smallest absolute Gasteiger partial charge is 0.224 e. The molecule has 1 aromatic rings. The number of nitrogens with zero attached hydrogens (tertiary/aromatic N) is 1. The summed E-state index contributed by atoms with van der Waals surface area (Å²) < 4.78 is 0. The van der Waals surface area contributed by atoms with Crippen LogP contribution in [0.3, 0.4) is 0 Å².